The normalized spacial score (nSPS) is 10.8. The maximum atomic E-state index is 12.9. The number of para-hydroxylation sites is 1. The summed E-state index contributed by atoms with van der Waals surface area (Å²) < 4.78 is 12.1. The number of aromatic nitrogens is 1. The molecule has 0 aliphatic rings. The van der Waals surface area contributed by atoms with Crippen LogP contribution in [-0.2, 0) is 6.54 Å². The molecule has 1 aromatic heterocycles. The van der Waals surface area contributed by atoms with E-state index in [-0.39, 0.29) is 5.91 Å². The lowest BCUT2D eigenvalue weighted by Crippen LogP contribution is -2.26. The molecule has 0 unspecified atom stereocenters. The highest BCUT2D eigenvalue weighted by Crippen LogP contribution is 2.37. The standard InChI is InChI=1S/C20H21ClN2O3S/c1-4-9-26-19-14(21)10-13(11-16(19)25-3)20(24)23(2)12-18-22-15-7-5-6-8-17(15)27-18/h5-8,10-11H,4,9,12H2,1-3H3. The van der Waals surface area contributed by atoms with Crippen LogP contribution in [0.3, 0.4) is 0 Å². The van der Waals surface area contributed by atoms with Gasteiger partial charge in [-0.2, -0.15) is 0 Å². The smallest absolute Gasteiger partial charge is 0.254 e. The third-order valence-corrected chi connectivity index (χ3v) is 5.29. The van der Waals surface area contributed by atoms with Crippen LogP contribution in [-0.4, -0.2) is 36.6 Å². The van der Waals surface area contributed by atoms with E-state index in [4.69, 9.17) is 21.1 Å². The number of halogens is 1. The molecule has 1 heterocycles. The Hall–Kier alpha value is -2.31. The van der Waals surface area contributed by atoms with E-state index in [2.05, 4.69) is 4.98 Å². The average molecular weight is 405 g/mol. The zero-order valence-corrected chi connectivity index (χ0v) is 17.1. The predicted octanol–water partition coefficient (Wildman–Crippen LogP) is 5.02. The average Bonchev–Trinajstić information content (AvgIpc) is 3.08. The largest absolute Gasteiger partial charge is 0.493 e. The molecule has 0 aliphatic carbocycles. The molecule has 0 spiro atoms. The van der Waals surface area contributed by atoms with Crippen molar-refractivity contribution in [3.8, 4) is 11.5 Å². The number of fused-ring (bicyclic) bond motifs is 1. The van der Waals surface area contributed by atoms with Crippen molar-refractivity contribution in [3.05, 3.63) is 52.0 Å². The molecule has 7 heteroatoms. The minimum absolute atomic E-state index is 0.156. The van der Waals surface area contributed by atoms with Crippen molar-refractivity contribution in [2.75, 3.05) is 20.8 Å². The van der Waals surface area contributed by atoms with E-state index in [1.165, 1.54) is 7.11 Å². The number of rotatable bonds is 7. The minimum Gasteiger partial charge on any atom is -0.493 e. The van der Waals surface area contributed by atoms with Gasteiger partial charge < -0.3 is 14.4 Å². The van der Waals surface area contributed by atoms with Crippen molar-refractivity contribution in [1.29, 1.82) is 0 Å². The Morgan fingerprint density at radius 1 is 1.30 bits per heavy atom. The maximum Gasteiger partial charge on any atom is 0.254 e. The number of hydrogen-bond acceptors (Lipinski definition) is 5. The van der Waals surface area contributed by atoms with E-state index in [1.807, 2.05) is 31.2 Å². The van der Waals surface area contributed by atoms with Crippen LogP contribution in [0.25, 0.3) is 10.2 Å². The second kappa shape index (κ2) is 8.59. The van der Waals surface area contributed by atoms with Gasteiger partial charge >= 0.3 is 0 Å². The van der Waals surface area contributed by atoms with Crippen molar-refractivity contribution in [3.63, 3.8) is 0 Å². The first-order valence-electron chi connectivity index (χ1n) is 8.63. The lowest BCUT2D eigenvalue weighted by Gasteiger charge is -2.18. The van der Waals surface area contributed by atoms with E-state index in [1.54, 1.807) is 35.4 Å². The summed E-state index contributed by atoms with van der Waals surface area (Å²) in [5.41, 5.74) is 1.39. The van der Waals surface area contributed by atoms with Crippen LogP contribution < -0.4 is 9.47 Å². The molecule has 0 bridgehead atoms. The van der Waals surface area contributed by atoms with Crippen LogP contribution in [0.2, 0.25) is 5.02 Å². The number of ether oxygens (including phenoxy) is 2. The lowest BCUT2D eigenvalue weighted by molar-refractivity contribution is 0.0784. The van der Waals surface area contributed by atoms with Crippen LogP contribution in [0.4, 0.5) is 0 Å². The Kier molecular flexibility index (Phi) is 6.19. The first-order valence-corrected chi connectivity index (χ1v) is 9.83. The summed E-state index contributed by atoms with van der Waals surface area (Å²) in [5, 5.41) is 1.24. The first kappa shape index (κ1) is 19.5. The van der Waals surface area contributed by atoms with Crippen molar-refractivity contribution in [1.82, 2.24) is 9.88 Å². The second-order valence-corrected chi connectivity index (χ2v) is 7.60. The van der Waals surface area contributed by atoms with E-state index in [0.29, 0.717) is 35.2 Å². The lowest BCUT2D eigenvalue weighted by atomic mass is 10.1. The fourth-order valence-electron chi connectivity index (χ4n) is 2.67. The summed E-state index contributed by atoms with van der Waals surface area (Å²) in [6, 6.07) is 11.2. The van der Waals surface area contributed by atoms with Crippen molar-refractivity contribution < 1.29 is 14.3 Å². The topological polar surface area (TPSA) is 51.7 Å². The maximum absolute atomic E-state index is 12.9. The van der Waals surface area contributed by atoms with Gasteiger partial charge in [0.1, 0.15) is 5.01 Å². The van der Waals surface area contributed by atoms with Gasteiger partial charge in [0.2, 0.25) is 0 Å². The van der Waals surface area contributed by atoms with Gasteiger partial charge in [0.15, 0.2) is 11.5 Å². The van der Waals surface area contributed by atoms with Crippen LogP contribution in [0, 0.1) is 0 Å². The van der Waals surface area contributed by atoms with Crippen LogP contribution in [0.5, 0.6) is 11.5 Å². The van der Waals surface area contributed by atoms with Crippen molar-refractivity contribution >= 4 is 39.1 Å². The molecule has 3 aromatic rings. The molecular formula is C20H21ClN2O3S. The highest BCUT2D eigenvalue weighted by Gasteiger charge is 2.19. The van der Waals surface area contributed by atoms with Gasteiger partial charge in [-0.05, 0) is 30.7 Å². The zero-order chi connectivity index (χ0) is 19.4. The van der Waals surface area contributed by atoms with Crippen molar-refractivity contribution in [2.45, 2.75) is 19.9 Å². The number of methoxy groups -OCH3 is 1. The predicted molar refractivity (Wildman–Crippen MR) is 109 cm³/mol. The molecule has 0 N–H and O–H groups in total. The van der Waals surface area contributed by atoms with Crippen LogP contribution in [0.1, 0.15) is 28.7 Å². The number of hydrogen-bond donors (Lipinski definition) is 0. The zero-order valence-electron chi connectivity index (χ0n) is 15.5. The second-order valence-electron chi connectivity index (χ2n) is 6.07. The molecule has 27 heavy (non-hydrogen) atoms. The van der Waals surface area contributed by atoms with E-state index >= 15 is 0 Å². The fraction of sp³-hybridized carbons (Fsp3) is 0.300. The Labute approximate surface area is 167 Å². The summed E-state index contributed by atoms with van der Waals surface area (Å²) >= 11 is 7.91. The van der Waals surface area contributed by atoms with Crippen LogP contribution in [0.15, 0.2) is 36.4 Å². The SMILES string of the molecule is CCCOc1c(Cl)cc(C(=O)N(C)Cc2nc3ccccc3s2)cc1OC. The van der Waals surface area contributed by atoms with E-state index in [0.717, 1.165) is 21.6 Å². The number of carbonyl (C=O) groups excluding carboxylic acids is 1. The highest BCUT2D eigenvalue weighted by molar-refractivity contribution is 7.18. The third-order valence-electron chi connectivity index (χ3n) is 3.98. The highest BCUT2D eigenvalue weighted by atomic mass is 35.5. The summed E-state index contributed by atoms with van der Waals surface area (Å²) in [7, 11) is 3.28. The number of amides is 1. The molecule has 0 radical (unpaired) electrons. The van der Waals surface area contributed by atoms with Gasteiger partial charge in [0.25, 0.3) is 5.91 Å². The summed E-state index contributed by atoms with van der Waals surface area (Å²) in [5.74, 6) is 0.760. The van der Waals surface area contributed by atoms with Gasteiger partial charge in [-0.15, -0.1) is 11.3 Å². The van der Waals surface area contributed by atoms with Crippen LogP contribution >= 0.6 is 22.9 Å². The Morgan fingerprint density at radius 3 is 2.78 bits per heavy atom. The number of thiazole rings is 1. The number of carbonyl (C=O) groups is 1. The number of benzene rings is 2. The molecule has 3 rings (SSSR count). The molecular weight excluding hydrogens is 384 g/mol. The van der Waals surface area contributed by atoms with Gasteiger partial charge in [-0.3, -0.25) is 4.79 Å². The van der Waals surface area contributed by atoms with Gasteiger partial charge in [0, 0.05) is 12.6 Å². The minimum atomic E-state index is -0.156. The summed E-state index contributed by atoms with van der Waals surface area (Å²) in [4.78, 5) is 19.1. The fourth-order valence-corrected chi connectivity index (χ4v) is 3.96. The van der Waals surface area contributed by atoms with E-state index in [9.17, 15) is 4.79 Å². The molecule has 0 atom stereocenters. The molecule has 0 saturated carbocycles. The Bertz CT molecular complexity index is 925. The molecule has 0 fully saturated rings. The number of nitrogens with zero attached hydrogens (tertiary/aromatic N) is 2. The summed E-state index contributed by atoms with van der Waals surface area (Å²) in [6.45, 7) is 2.96. The van der Waals surface area contributed by atoms with Gasteiger partial charge in [-0.1, -0.05) is 30.7 Å². The Morgan fingerprint density at radius 2 is 2.07 bits per heavy atom. The van der Waals surface area contributed by atoms with Crippen molar-refractivity contribution in [2.24, 2.45) is 0 Å². The molecule has 2 aromatic carbocycles. The first-order chi connectivity index (χ1) is 13.0. The quantitative estimate of drug-likeness (QED) is 0.554. The third kappa shape index (κ3) is 4.34. The monoisotopic (exact) mass is 404 g/mol. The molecule has 5 nitrogen and oxygen atoms in total. The van der Waals surface area contributed by atoms with E-state index < -0.39 is 0 Å². The molecule has 142 valence electrons. The summed E-state index contributed by atoms with van der Waals surface area (Å²) in [6.07, 6.45) is 0.852. The molecule has 0 saturated heterocycles. The Balaban J connectivity index is 1.80. The molecule has 1 amide bonds. The van der Waals surface area contributed by atoms with Gasteiger partial charge in [0.05, 0.1) is 35.5 Å². The molecule has 0 aliphatic heterocycles. The van der Waals surface area contributed by atoms with Gasteiger partial charge in [-0.25, -0.2) is 4.98 Å².